The van der Waals surface area contributed by atoms with E-state index in [0.29, 0.717) is 29.9 Å². The molecule has 1 atom stereocenters. The number of nitrogens with zero attached hydrogens (tertiary/aromatic N) is 3. The summed E-state index contributed by atoms with van der Waals surface area (Å²) in [4.78, 5) is 48.9. The fourth-order valence-corrected chi connectivity index (χ4v) is 5.07. The Morgan fingerprint density at radius 3 is 2.67 bits per heavy atom. The number of benzene rings is 1. The fraction of sp³-hybridized carbons (Fsp3) is 0.462. The molecule has 1 unspecified atom stereocenters. The summed E-state index contributed by atoms with van der Waals surface area (Å²) in [6.07, 6.45) is 4.49. The third kappa shape index (κ3) is 3.69. The van der Waals surface area contributed by atoms with Crippen LogP contribution in [0.15, 0.2) is 39.9 Å². The van der Waals surface area contributed by atoms with E-state index < -0.39 is 11.2 Å². The summed E-state index contributed by atoms with van der Waals surface area (Å²) in [6, 6.07) is 10.3. The largest absolute Gasteiger partial charge is 0.329 e. The second-order valence-corrected chi connectivity index (χ2v) is 9.56. The van der Waals surface area contributed by atoms with Gasteiger partial charge in [-0.3, -0.25) is 19.1 Å². The van der Waals surface area contributed by atoms with Crippen LogP contribution in [0.3, 0.4) is 0 Å². The minimum Gasteiger partial charge on any atom is -0.329 e. The van der Waals surface area contributed by atoms with Crippen LogP contribution in [-0.4, -0.2) is 31.4 Å². The fourth-order valence-electron chi connectivity index (χ4n) is 5.07. The summed E-state index contributed by atoms with van der Waals surface area (Å²) >= 11 is 0. The Kier molecular flexibility index (Phi) is 5.43. The summed E-state index contributed by atoms with van der Waals surface area (Å²) in [7, 11) is 0. The summed E-state index contributed by atoms with van der Waals surface area (Å²) < 4.78 is 1.49. The molecule has 1 fully saturated rings. The number of rotatable bonds is 6. The second kappa shape index (κ2) is 8.28. The van der Waals surface area contributed by atoms with Gasteiger partial charge in [-0.2, -0.15) is 0 Å². The monoisotopic (exact) mass is 446 g/mol. The van der Waals surface area contributed by atoms with Crippen molar-refractivity contribution in [2.45, 2.75) is 77.4 Å². The molecule has 1 amide bonds. The molecule has 0 bridgehead atoms. The first-order valence-electron chi connectivity index (χ1n) is 12.0. The van der Waals surface area contributed by atoms with Gasteiger partial charge in [0.05, 0.1) is 17.0 Å². The third-order valence-corrected chi connectivity index (χ3v) is 6.85. The Hall–Kier alpha value is -3.22. The standard InChI is InChI=1S/C26H30N4O3/c1-4-13-29-23-22(24(31)28-26(29)33)19(14-20(27-23)15(2)3)25(32)30(17-10-11-17)21-12-9-16-7-5-6-8-18(16)21/h5-8,14-15,17,21H,4,9-13H2,1-3H3,(H,28,31,33). The molecule has 0 saturated heterocycles. The summed E-state index contributed by atoms with van der Waals surface area (Å²) in [6.45, 7) is 6.40. The van der Waals surface area contributed by atoms with Gasteiger partial charge < -0.3 is 4.90 Å². The van der Waals surface area contributed by atoms with Gasteiger partial charge in [-0.1, -0.05) is 45.0 Å². The quantitative estimate of drug-likeness (QED) is 0.622. The first-order valence-corrected chi connectivity index (χ1v) is 12.0. The van der Waals surface area contributed by atoms with Crippen LogP contribution in [0.25, 0.3) is 11.0 Å². The normalized spacial score (nSPS) is 17.5. The summed E-state index contributed by atoms with van der Waals surface area (Å²) in [5.41, 5.74) is 2.84. The molecule has 3 aromatic rings. The van der Waals surface area contributed by atoms with Crippen molar-refractivity contribution in [2.24, 2.45) is 0 Å². The number of amides is 1. The maximum atomic E-state index is 14.2. The van der Waals surface area contributed by atoms with Crippen LogP contribution in [0.4, 0.5) is 0 Å². The molecule has 1 N–H and O–H groups in total. The first-order chi connectivity index (χ1) is 15.9. The smallest absolute Gasteiger partial charge is 0.329 e. The zero-order valence-corrected chi connectivity index (χ0v) is 19.4. The Morgan fingerprint density at radius 1 is 1.21 bits per heavy atom. The van der Waals surface area contributed by atoms with E-state index >= 15 is 0 Å². The minimum absolute atomic E-state index is 0.00699. The molecule has 7 nitrogen and oxygen atoms in total. The van der Waals surface area contributed by atoms with Crippen molar-refractivity contribution in [1.82, 2.24) is 19.4 Å². The molecule has 172 valence electrons. The maximum Gasteiger partial charge on any atom is 0.329 e. The lowest BCUT2D eigenvalue weighted by atomic mass is 10.0. The van der Waals surface area contributed by atoms with Gasteiger partial charge in [0.2, 0.25) is 0 Å². The topological polar surface area (TPSA) is 88.1 Å². The lowest BCUT2D eigenvalue weighted by molar-refractivity contribution is 0.0660. The van der Waals surface area contributed by atoms with Crippen LogP contribution in [-0.2, 0) is 13.0 Å². The first kappa shape index (κ1) is 21.6. The number of H-pyrrole nitrogens is 1. The highest BCUT2D eigenvalue weighted by atomic mass is 16.2. The average molecular weight is 447 g/mol. The summed E-state index contributed by atoms with van der Waals surface area (Å²) in [5.74, 6) is -0.0901. The average Bonchev–Trinajstić information content (AvgIpc) is 3.55. The number of aromatic amines is 1. The van der Waals surface area contributed by atoms with Crippen molar-refractivity contribution in [3.63, 3.8) is 0 Å². The number of hydrogen-bond donors (Lipinski definition) is 1. The Bertz CT molecular complexity index is 1350. The predicted octanol–water partition coefficient (Wildman–Crippen LogP) is 3.91. The van der Waals surface area contributed by atoms with E-state index in [4.69, 9.17) is 0 Å². The molecule has 5 rings (SSSR count). The SMILES string of the molecule is CCCn1c(=O)[nH]c(=O)c2c(C(=O)N(C3CC3)C3CCc4ccccc43)cc(C(C)C)nc21. The van der Waals surface area contributed by atoms with Gasteiger partial charge in [-0.15, -0.1) is 0 Å². The Balaban J connectivity index is 1.71. The van der Waals surface area contributed by atoms with Crippen LogP contribution in [0.2, 0.25) is 0 Å². The molecule has 2 aliphatic rings. The third-order valence-electron chi connectivity index (χ3n) is 6.85. The van der Waals surface area contributed by atoms with E-state index in [1.54, 1.807) is 6.07 Å². The minimum atomic E-state index is -0.545. The molecule has 2 aromatic heterocycles. The number of aromatic nitrogens is 3. The highest BCUT2D eigenvalue weighted by molar-refractivity contribution is 6.05. The number of nitrogens with one attached hydrogen (secondary N) is 1. The molecule has 1 saturated carbocycles. The zero-order valence-electron chi connectivity index (χ0n) is 19.4. The highest BCUT2D eigenvalue weighted by Gasteiger charge is 2.41. The number of fused-ring (bicyclic) bond motifs is 2. The van der Waals surface area contributed by atoms with Crippen LogP contribution in [0, 0.1) is 0 Å². The number of aryl methyl sites for hydroxylation is 2. The predicted molar refractivity (Wildman–Crippen MR) is 128 cm³/mol. The molecule has 1 aromatic carbocycles. The van der Waals surface area contributed by atoms with Gasteiger partial charge in [-0.25, -0.2) is 9.78 Å². The van der Waals surface area contributed by atoms with Crippen molar-refractivity contribution in [3.05, 3.63) is 73.6 Å². The van der Waals surface area contributed by atoms with E-state index in [-0.39, 0.29) is 29.3 Å². The highest BCUT2D eigenvalue weighted by Crippen LogP contribution is 2.43. The molecule has 0 radical (unpaired) electrons. The van der Waals surface area contributed by atoms with Crippen molar-refractivity contribution >= 4 is 16.9 Å². The van der Waals surface area contributed by atoms with E-state index in [0.717, 1.165) is 25.7 Å². The van der Waals surface area contributed by atoms with Gasteiger partial charge >= 0.3 is 5.69 Å². The molecule has 0 aliphatic heterocycles. The van der Waals surface area contributed by atoms with Gasteiger partial charge in [0.1, 0.15) is 0 Å². The molecular formula is C26H30N4O3. The number of carbonyl (C=O) groups excluding carboxylic acids is 1. The van der Waals surface area contributed by atoms with Crippen LogP contribution >= 0.6 is 0 Å². The van der Waals surface area contributed by atoms with E-state index in [2.05, 4.69) is 22.1 Å². The Labute approximate surface area is 192 Å². The van der Waals surface area contributed by atoms with E-state index in [1.165, 1.54) is 15.7 Å². The van der Waals surface area contributed by atoms with Gasteiger partial charge in [0.25, 0.3) is 11.5 Å². The summed E-state index contributed by atoms with van der Waals surface area (Å²) in [5, 5.41) is 0.217. The lowest BCUT2D eigenvalue weighted by Crippen LogP contribution is -2.38. The van der Waals surface area contributed by atoms with Gasteiger partial charge in [0.15, 0.2) is 5.65 Å². The van der Waals surface area contributed by atoms with E-state index in [1.807, 2.05) is 37.8 Å². The van der Waals surface area contributed by atoms with Gasteiger partial charge in [0, 0.05) is 18.3 Å². The van der Waals surface area contributed by atoms with Crippen molar-refractivity contribution in [1.29, 1.82) is 0 Å². The second-order valence-electron chi connectivity index (χ2n) is 9.56. The number of pyridine rings is 1. The molecule has 2 heterocycles. The van der Waals surface area contributed by atoms with Crippen molar-refractivity contribution in [2.75, 3.05) is 0 Å². The van der Waals surface area contributed by atoms with Gasteiger partial charge in [-0.05, 0) is 55.2 Å². The molecular weight excluding hydrogens is 416 g/mol. The van der Waals surface area contributed by atoms with Crippen molar-refractivity contribution < 1.29 is 4.79 Å². The van der Waals surface area contributed by atoms with Crippen molar-refractivity contribution in [3.8, 4) is 0 Å². The molecule has 33 heavy (non-hydrogen) atoms. The molecule has 2 aliphatic carbocycles. The number of carbonyl (C=O) groups is 1. The Morgan fingerprint density at radius 2 is 1.97 bits per heavy atom. The maximum absolute atomic E-state index is 14.2. The zero-order chi connectivity index (χ0) is 23.3. The van der Waals surface area contributed by atoms with Crippen LogP contribution in [0.1, 0.15) is 85.6 Å². The van der Waals surface area contributed by atoms with E-state index in [9.17, 15) is 14.4 Å². The molecule has 0 spiro atoms. The number of hydrogen-bond acceptors (Lipinski definition) is 4. The lowest BCUT2D eigenvalue weighted by Gasteiger charge is -2.30. The van der Waals surface area contributed by atoms with Crippen LogP contribution < -0.4 is 11.2 Å². The van der Waals surface area contributed by atoms with Crippen LogP contribution in [0.5, 0.6) is 0 Å². The molecule has 7 heteroatoms.